The first kappa shape index (κ1) is 15.5. The predicted octanol–water partition coefficient (Wildman–Crippen LogP) is 3.46. The standard InChI is InChI=1S/C19H18N2O4/c1-11-3-8-16-14(9-11)15-10-19(2,25-16)21(18(24)20-15)13-6-4-12(5-7-13)17(22)23/h3-9,15H,10H2,1-2H3,(H,20,24)(H,22,23). The maximum absolute atomic E-state index is 12.7. The molecule has 2 N–H and O–H groups in total. The molecule has 25 heavy (non-hydrogen) atoms. The molecule has 2 aromatic carbocycles. The summed E-state index contributed by atoms with van der Waals surface area (Å²) in [7, 11) is 0. The first-order valence-corrected chi connectivity index (χ1v) is 8.11. The van der Waals surface area contributed by atoms with Crippen LogP contribution in [0.25, 0.3) is 0 Å². The average molecular weight is 338 g/mol. The molecule has 2 unspecified atom stereocenters. The number of carbonyl (C=O) groups is 2. The molecule has 0 spiro atoms. The summed E-state index contributed by atoms with van der Waals surface area (Å²) < 4.78 is 6.21. The number of hydrogen-bond donors (Lipinski definition) is 2. The van der Waals surface area contributed by atoms with Crippen LogP contribution in [0.4, 0.5) is 10.5 Å². The summed E-state index contributed by atoms with van der Waals surface area (Å²) >= 11 is 0. The Balaban J connectivity index is 1.75. The smallest absolute Gasteiger partial charge is 0.335 e. The summed E-state index contributed by atoms with van der Waals surface area (Å²) in [5, 5.41) is 12.1. The lowest BCUT2D eigenvalue weighted by Gasteiger charge is -2.50. The molecule has 2 aliphatic rings. The van der Waals surface area contributed by atoms with Crippen LogP contribution >= 0.6 is 0 Å². The van der Waals surface area contributed by atoms with Crippen molar-refractivity contribution in [3.05, 3.63) is 59.2 Å². The van der Waals surface area contributed by atoms with Gasteiger partial charge in [0.15, 0.2) is 5.72 Å². The van der Waals surface area contributed by atoms with E-state index in [-0.39, 0.29) is 17.6 Å². The van der Waals surface area contributed by atoms with E-state index < -0.39 is 11.7 Å². The van der Waals surface area contributed by atoms with Gasteiger partial charge in [0.05, 0.1) is 11.6 Å². The number of nitrogens with one attached hydrogen (secondary N) is 1. The van der Waals surface area contributed by atoms with Gasteiger partial charge in [0.25, 0.3) is 0 Å². The monoisotopic (exact) mass is 338 g/mol. The number of aryl methyl sites for hydroxylation is 1. The molecule has 2 aromatic rings. The number of aromatic carboxylic acids is 1. The van der Waals surface area contributed by atoms with Crippen LogP contribution in [0.1, 0.15) is 40.9 Å². The van der Waals surface area contributed by atoms with Gasteiger partial charge in [-0.2, -0.15) is 0 Å². The number of benzene rings is 2. The third kappa shape index (κ3) is 2.41. The van der Waals surface area contributed by atoms with Crippen molar-refractivity contribution in [3.8, 4) is 5.75 Å². The molecule has 128 valence electrons. The van der Waals surface area contributed by atoms with Crippen LogP contribution in [-0.4, -0.2) is 22.8 Å². The number of anilines is 1. The summed E-state index contributed by atoms with van der Waals surface area (Å²) in [6.45, 7) is 3.89. The van der Waals surface area contributed by atoms with Crippen molar-refractivity contribution in [1.82, 2.24) is 5.32 Å². The molecular weight excluding hydrogens is 320 g/mol. The maximum atomic E-state index is 12.7. The van der Waals surface area contributed by atoms with E-state index in [4.69, 9.17) is 9.84 Å². The number of amides is 2. The Hall–Kier alpha value is -3.02. The van der Waals surface area contributed by atoms with Crippen molar-refractivity contribution in [2.45, 2.75) is 32.0 Å². The fourth-order valence-corrected chi connectivity index (χ4v) is 3.64. The first-order chi connectivity index (χ1) is 11.9. The normalized spacial score (nSPS) is 24.2. The molecule has 1 fully saturated rings. The van der Waals surface area contributed by atoms with Gasteiger partial charge in [-0.05, 0) is 44.2 Å². The lowest BCUT2D eigenvalue weighted by molar-refractivity contribution is 0.0378. The van der Waals surface area contributed by atoms with Crippen LogP contribution in [0.3, 0.4) is 0 Å². The van der Waals surface area contributed by atoms with Gasteiger partial charge in [0.2, 0.25) is 0 Å². The molecule has 2 atom stereocenters. The number of carboxylic acid groups (broad SMARTS) is 1. The van der Waals surface area contributed by atoms with Crippen LogP contribution in [0, 0.1) is 6.92 Å². The fraction of sp³-hybridized carbons (Fsp3) is 0.263. The summed E-state index contributed by atoms with van der Waals surface area (Å²) in [5.41, 5.74) is 2.05. The number of urea groups is 1. The van der Waals surface area contributed by atoms with Crippen molar-refractivity contribution >= 4 is 17.7 Å². The van der Waals surface area contributed by atoms with E-state index in [0.717, 1.165) is 16.9 Å². The summed E-state index contributed by atoms with van der Waals surface area (Å²) in [4.78, 5) is 25.3. The molecule has 0 radical (unpaired) electrons. The van der Waals surface area contributed by atoms with E-state index in [0.29, 0.717) is 12.1 Å². The van der Waals surface area contributed by atoms with Crippen LogP contribution in [0.2, 0.25) is 0 Å². The van der Waals surface area contributed by atoms with Crippen molar-refractivity contribution in [2.24, 2.45) is 0 Å². The van der Waals surface area contributed by atoms with Gasteiger partial charge in [-0.3, -0.25) is 4.90 Å². The number of hydrogen-bond acceptors (Lipinski definition) is 3. The highest BCUT2D eigenvalue weighted by Crippen LogP contribution is 2.45. The molecule has 2 amide bonds. The third-order valence-electron chi connectivity index (χ3n) is 4.80. The topological polar surface area (TPSA) is 78.9 Å². The Morgan fingerprint density at radius 3 is 2.68 bits per heavy atom. The zero-order valence-corrected chi connectivity index (χ0v) is 13.9. The Kier molecular flexibility index (Phi) is 3.25. The van der Waals surface area contributed by atoms with E-state index in [1.807, 2.05) is 32.0 Å². The minimum absolute atomic E-state index is 0.101. The summed E-state index contributed by atoms with van der Waals surface area (Å²) in [6, 6.07) is 11.8. The number of rotatable bonds is 2. The lowest BCUT2D eigenvalue weighted by atomic mass is 9.89. The van der Waals surface area contributed by atoms with Crippen molar-refractivity contribution < 1.29 is 19.4 Å². The minimum Gasteiger partial charge on any atom is -0.478 e. The van der Waals surface area contributed by atoms with Crippen molar-refractivity contribution in [1.29, 1.82) is 0 Å². The SMILES string of the molecule is Cc1ccc2c(c1)C1CC(C)(O2)N(c2ccc(C(=O)O)cc2)C(=O)N1. The largest absolute Gasteiger partial charge is 0.478 e. The number of nitrogens with zero attached hydrogens (tertiary/aromatic N) is 1. The molecular formula is C19H18N2O4. The molecule has 6 nitrogen and oxygen atoms in total. The Morgan fingerprint density at radius 1 is 1.28 bits per heavy atom. The first-order valence-electron chi connectivity index (χ1n) is 8.11. The van der Waals surface area contributed by atoms with Crippen LogP contribution in [0.5, 0.6) is 5.75 Å². The zero-order valence-electron chi connectivity index (χ0n) is 13.9. The van der Waals surface area contributed by atoms with Gasteiger partial charge < -0.3 is 15.2 Å². The van der Waals surface area contributed by atoms with E-state index in [9.17, 15) is 9.59 Å². The van der Waals surface area contributed by atoms with Gasteiger partial charge >= 0.3 is 12.0 Å². The highest BCUT2D eigenvalue weighted by atomic mass is 16.5. The molecule has 0 aliphatic carbocycles. The Morgan fingerprint density at radius 2 is 2.00 bits per heavy atom. The Labute approximate surface area is 145 Å². The zero-order chi connectivity index (χ0) is 17.8. The van der Waals surface area contributed by atoms with E-state index in [2.05, 4.69) is 5.32 Å². The molecule has 2 heterocycles. The minimum atomic E-state index is -1.00. The molecule has 6 heteroatoms. The fourth-order valence-electron chi connectivity index (χ4n) is 3.64. The molecule has 2 aliphatic heterocycles. The molecule has 2 bridgehead atoms. The number of carboxylic acids is 1. The van der Waals surface area contributed by atoms with Gasteiger partial charge in [-0.15, -0.1) is 0 Å². The van der Waals surface area contributed by atoms with Crippen LogP contribution in [0.15, 0.2) is 42.5 Å². The lowest BCUT2D eigenvalue weighted by Crippen LogP contribution is -2.65. The molecule has 0 aromatic heterocycles. The highest BCUT2D eigenvalue weighted by Gasteiger charge is 2.49. The predicted molar refractivity (Wildman–Crippen MR) is 92.0 cm³/mol. The maximum Gasteiger partial charge on any atom is 0.335 e. The number of fused-ring (bicyclic) bond motifs is 4. The van der Waals surface area contributed by atoms with Gasteiger partial charge in [0, 0.05) is 17.7 Å². The van der Waals surface area contributed by atoms with E-state index in [1.54, 1.807) is 17.0 Å². The van der Waals surface area contributed by atoms with Gasteiger partial charge in [-0.25, -0.2) is 9.59 Å². The van der Waals surface area contributed by atoms with Crippen molar-refractivity contribution in [3.63, 3.8) is 0 Å². The van der Waals surface area contributed by atoms with Gasteiger partial charge in [-0.1, -0.05) is 17.7 Å². The van der Waals surface area contributed by atoms with Crippen molar-refractivity contribution in [2.75, 3.05) is 4.90 Å². The summed E-state index contributed by atoms with van der Waals surface area (Å²) in [6.07, 6.45) is 0.607. The number of ether oxygens (including phenoxy) is 1. The van der Waals surface area contributed by atoms with E-state index in [1.165, 1.54) is 12.1 Å². The molecule has 4 rings (SSSR count). The molecule has 0 saturated carbocycles. The van der Waals surface area contributed by atoms with Crippen LogP contribution < -0.4 is 15.0 Å². The van der Waals surface area contributed by atoms with Crippen LogP contribution in [-0.2, 0) is 0 Å². The second-order valence-electron chi connectivity index (χ2n) is 6.71. The molecule has 1 saturated heterocycles. The second kappa shape index (κ2) is 5.24. The van der Waals surface area contributed by atoms with E-state index >= 15 is 0 Å². The average Bonchev–Trinajstić information content (AvgIpc) is 2.55. The highest BCUT2D eigenvalue weighted by molar-refractivity contribution is 5.95. The second-order valence-corrected chi connectivity index (χ2v) is 6.71. The number of carbonyl (C=O) groups excluding carboxylic acids is 1. The summed E-state index contributed by atoms with van der Waals surface area (Å²) in [5.74, 6) is -0.240. The Bertz CT molecular complexity index is 877. The quantitative estimate of drug-likeness (QED) is 0.879. The third-order valence-corrected chi connectivity index (χ3v) is 4.80. The van der Waals surface area contributed by atoms with Gasteiger partial charge in [0.1, 0.15) is 5.75 Å².